The lowest BCUT2D eigenvalue weighted by molar-refractivity contribution is 0.149. The highest BCUT2D eigenvalue weighted by Gasteiger charge is 2.10. The van der Waals surface area contributed by atoms with E-state index in [2.05, 4.69) is 20.6 Å². The number of nitrogens with one attached hydrogen (secondary N) is 3. The maximum Gasteiger partial charge on any atom is 0.323 e. The maximum absolute atomic E-state index is 12.8. The number of nitrogens with zero attached hydrogens (tertiary/aromatic N) is 1. The molecule has 0 atom stereocenters. The van der Waals surface area contributed by atoms with Crippen molar-refractivity contribution in [3.05, 3.63) is 90.8 Å². The Labute approximate surface area is 193 Å². The quantitative estimate of drug-likeness (QED) is 0.257. The molecular weight excluding hydrogens is 438 g/mol. The van der Waals surface area contributed by atoms with Gasteiger partial charge in [0.05, 0.1) is 5.39 Å². The van der Waals surface area contributed by atoms with Crippen molar-refractivity contribution in [1.29, 1.82) is 0 Å². The summed E-state index contributed by atoms with van der Waals surface area (Å²) in [6.07, 6.45) is 0.751. The number of carbonyl (C=O) groups is 1. The zero-order chi connectivity index (χ0) is 23.5. The zero-order valence-electron chi connectivity index (χ0n) is 17.9. The minimum absolute atomic E-state index is 0.304. The van der Waals surface area contributed by atoms with E-state index in [-0.39, 0.29) is 6.42 Å². The van der Waals surface area contributed by atoms with Crippen molar-refractivity contribution in [3.8, 4) is 11.5 Å². The summed E-state index contributed by atoms with van der Waals surface area (Å²) in [6.45, 7) is 0. The summed E-state index contributed by atoms with van der Waals surface area (Å²) in [4.78, 5) is 19.7. The summed E-state index contributed by atoms with van der Waals surface area (Å²) in [5.74, 6) is 1.30. The zero-order valence-corrected chi connectivity index (χ0v) is 17.9. The fourth-order valence-corrected chi connectivity index (χ4v) is 3.82. The Balaban J connectivity index is 1.24. The molecule has 3 N–H and O–H groups in total. The first kappa shape index (κ1) is 21.4. The van der Waals surface area contributed by atoms with E-state index < -0.39 is 12.5 Å². The van der Waals surface area contributed by atoms with Gasteiger partial charge in [0.15, 0.2) is 0 Å². The fraction of sp³-hybridized carbons (Fsp3) is 0.0769. The minimum atomic E-state index is -2.41. The molecule has 0 saturated carbocycles. The van der Waals surface area contributed by atoms with Crippen LogP contribution in [0, 0.1) is 0 Å². The van der Waals surface area contributed by atoms with Crippen LogP contribution in [-0.4, -0.2) is 22.4 Å². The molecule has 34 heavy (non-hydrogen) atoms. The molecule has 0 aliphatic rings. The van der Waals surface area contributed by atoms with Gasteiger partial charge in [0.2, 0.25) is 6.43 Å². The largest absolute Gasteiger partial charge is 0.457 e. The Bertz CT molecular complexity index is 1470. The topological polar surface area (TPSA) is 79.0 Å². The first-order valence-electron chi connectivity index (χ1n) is 10.6. The van der Waals surface area contributed by atoms with E-state index in [0.29, 0.717) is 28.4 Å². The van der Waals surface area contributed by atoms with Crippen LogP contribution in [0.3, 0.4) is 0 Å². The van der Waals surface area contributed by atoms with Crippen LogP contribution in [0.25, 0.3) is 21.8 Å². The van der Waals surface area contributed by atoms with Gasteiger partial charge in [-0.1, -0.05) is 24.3 Å². The number of benzene rings is 3. The van der Waals surface area contributed by atoms with E-state index in [4.69, 9.17) is 4.74 Å². The van der Waals surface area contributed by atoms with E-state index in [0.717, 1.165) is 21.8 Å². The fourth-order valence-electron chi connectivity index (χ4n) is 3.82. The summed E-state index contributed by atoms with van der Waals surface area (Å²) >= 11 is 0. The van der Waals surface area contributed by atoms with Crippen LogP contribution < -0.4 is 15.4 Å². The van der Waals surface area contributed by atoms with Gasteiger partial charge in [-0.3, -0.25) is 0 Å². The lowest BCUT2D eigenvalue weighted by Crippen LogP contribution is -2.19. The number of hydrogen-bond acceptors (Lipinski definition) is 3. The molecule has 0 aliphatic carbocycles. The Hall–Kier alpha value is -4.46. The number of aromatic amines is 1. The number of ether oxygens (including phenoxy) is 1. The standard InChI is InChI=1S/C26H20F2N4O2/c27-24(28)15-17-3-1-2-16-14-19(6-9-21(16)17)32-26(33)31-18-4-7-20(8-5-18)34-23-11-13-30-25-22(23)10-12-29-25/h1-14,24H,15H2,(H,29,30)(H2,31,32,33). The number of alkyl halides is 2. The summed E-state index contributed by atoms with van der Waals surface area (Å²) in [7, 11) is 0. The van der Waals surface area contributed by atoms with Crippen LogP contribution in [0.4, 0.5) is 25.0 Å². The van der Waals surface area contributed by atoms with Gasteiger partial charge in [0.1, 0.15) is 17.1 Å². The SMILES string of the molecule is O=C(Nc1ccc(Oc2ccnc3[nH]ccc23)cc1)Nc1ccc2c(CC(F)F)cccc2c1. The van der Waals surface area contributed by atoms with Crippen LogP contribution >= 0.6 is 0 Å². The van der Waals surface area contributed by atoms with E-state index in [1.165, 1.54) is 0 Å². The normalized spacial score (nSPS) is 11.1. The maximum atomic E-state index is 12.8. The van der Waals surface area contributed by atoms with Gasteiger partial charge >= 0.3 is 6.03 Å². The molecule has 2 heterocycles. The molecule has 170 valence electrons. The second-order valence-corrected chi connectivity index (χ2v) is 7.70. The molecule has 0 fully saturated rings. The molecule has 0 aliphatic heterocycles. The summed E-state index contributed by atoms with van der Waals surface area (Å²) in [6, 6.07) is 20.7. The number of pyridine rings is 1. The van der Waals surface area contributed by atoms with Crippen molar-refractivity contribution < 1.29 is 18.3 Å². The number of H-pyrrole nitrogens is 1. The van der Waals surface area contributed by atoms with Crippen molar-refractivity contribution in [2.45, 2.75) is 12.8 Å². The predicted molar refractivity (Wildman–Crippen MR) is 129 cm³/mol. The molecule has 0 saturated heterocycles. The molecule has 8 heteroatoms. The number of aromatic nitrogens is 2. The van der Waals surface area contributed by atoms with Gasteiger partial charge in [0.25, 0.3) is 0 Å². The average molecular weight is 458 g/mol. The first-order valence-corrected chi connectivity index (χ1v) is 10.6. The number of hydrogen-bond donors (Lipinski definition) is 3. The van der Waals surface area contributed by atoms with Crippen LogP contribution in [0.2, 0.25) is 0 Å². The number of fused-ring (bicyclic) bond motifs is 2. The van der Waals surface area contributed by atoms with Gasteiger partial charge in [-0.2, -0.15) is 0 Å². The summed E-state index contributed by atoms with van der Waals surface area (Å²) in [5.41, 5.74) is 2.47. The monoisotopic (exact) mass is 458 g/mol. The van der Waals surface area contributed by atoms with Crippen molar-refractivity contribution in [2.75, 3.05) is 10.6 Å². The van der Waals surface area contributed by atoms with E-state index >= 15 is 0 Å². The van der Waals surface area contributed by atoms with Gasteiger partial charge in [-0.05, 0) is 64.9 Å². The van der Waals surface area contributed by atoms with Crippen molar-refractivity contribution >= 4 is 39.2 Å². The number of urea groups is 1. The molecule has 0 bridgehead atoms. The van der Waals surface area contributed by atoms with Gasteiger partial charge in [-0.15, -0.1) is 0 Å². The highest BCUT2D eigenvalue weighted by molar-refractivity contribution is 6.01. The van der Waals surface area contributed by atoms with Crippen LogP contribution in [0.1, 0.15) is 5.56 Å². The highest BCUT2D eigenvalue weighted by Crippen LogP contribution is 2.29. The molecule has 0 radical (unpaired) electrons. The molecule has 0 spiro atoms. The smallest absolute Gasteiger partial charge is 0.323 e. The van der Waals surface area contributed by atoms with E-state index in [1.807, 2.05) is 12.1 Å². The minimum Gasteiger partial charge on any atom is -0.457 e. The Morgan fingerprint density at radius 1 is 0.941 bits per heavy atom. The number of anilines is 2. The first-order chi connectivity index (χ1) is 16.5. The van der Waals surface area contributed by atoms with E-state index in [1.54, 1.807) is 73.1 Å². The van der Waals surface area contributed by atoms with Crippen LogP contribution in [0.5, 0.6) is 11.5 Å². The molecule has 5 aromatic rings. The number of carbonyl (C=O) groups excluding carboxylic acids is 1. The van der Waals surface area contributed by atoms with Gasteiger partial charge < -0.3 is 20.4 Å². The second-order valence-electron chi connectivity index (χ2n) is 7.70. The molecule has 6 nitrogen and oxygen atoms in total. The Kier molecular flexibility index (Phi) is 5.78. The predicted octanol–water partition coefficient (Wildman–Crippen LogP) is 6.96. The van der Waals surface area contributed by atoms with Crippen molar-refractivity contribution in [1.82, 2.24) is 9.97 Å². The average Bonchev–Trinajstić information content (AvgIpc) is 3.30. The third-order valence-corrected chi connectivity index (χ3v) is 5.36. The summed E-state index contributed by atoms with van der Waals surface area (Å²) in [5, 5.41) is 7.95. The molecular formula is C26H20F2N4O2. The van der Waals surface area contributed by atoms with Gasteiger partial charge in [0, 0.05) is 30.2 Å². The lowest BCUT2D eigenvalue weighted by Gasteiger charge is -2.11. The highest BCUT2D eigenvalue weighted by atomic mass is 19.3. The molecule has 2 amide bonds. The third kappa shape index (κ3) is 4.66. The Morgan fingerprint density at radius 3 is 2.56 bits per heavy atom. The molecule has 2 aromatic heterocycles. The Morgan fingerprint density at radius 2 is 1.74 bits per heavy atom. The molecule has 3 aromatic carbocycles. The molecule has 0 unspecified atom stereocenters. The van der Waals surface area contributed by atoms with Crippen LogP contribution in [-0.2, 0) is 6.42 Å². The van der Waals surface area contributed by atoms with E-state index in [9.17, 15) is 13.6 Å². The lowest BCUT2D eigenvalue weighted by atomic mass is 10.0. The van der Waals surface area contributed by atoms with Gasteiger partial charge in [-0.25, -0.2) is 18.6 Å². The van der Waals surface area contributed by atoms with Crippen molar-refractivity contribution in [2.24, 2.45) is 0 Å². The number of halogens is 2. The molecule has 5 rings (SSSR count). The number of rotatable bonds is 6. The van der Waals surface area contributed by atoms with Crippen LogP contribution in [0.15, 0.2) is 85.2 Å². The second kappa shape index (κ2) is 9.19. The van der Waals surface area contributed by atoms with Crippen molar-refractivity contribution in [3.63, 3.8) is 0 Å². The summed E-state index contributed by atoms with van der Waals surface area (Å²) < 4.78 is 31.6. The number of amides is 2. The third-order valence-electron chi connectivity index (χ3n) is 5.36.